The van der Waals surface area contributed by atoms with E-state index in [0.29, 0.717) is 0 Å². The first-order chi connectivity index (χ1) is 7.72. The molecule has 0 aromatic heterocycles. The number of hydrogen-bond donors (Lipinski definition) is 1. The predicted molar refractivity (Wildman–Crippen MR) is 68.8 cm³/mol. The van der Waals surface area contributed by atoms with Crippen LogP contribution in [0.1, 0.15) is 33.1 Å². The van der Waals surface area contributed by atoms with Crippen molar-refractivity contribution >= 4 is 0 Å². The Bertz CT molecular complexity index is 213. The zero-order chi connectivity index (χ0) is 11.5. The van der Waals surface area contributed by atoms with Crippen LogP contribution in [0.5, 0.6) is 0 Å². The molecule has 16 heavy (non-hydrogen) atoms. The van der Waals surface area contributed by atoms with Crippen molar-refractivity contribution in [1.82, 2.24) is 15.1 Å². The maximum atomic E-state index is 3.49. The van der Waals surface area contributed by atoms with Gasteiger partial charge < -0.3 is 10.2 Å². The lowest BCUT2D eigenvalue weighted by molar-refractivity contribution is 0.0669. The number of piperidine rings is 1. The summed E-state index contributed by atoms with van der Waals surface area (Å²) in [5.41, 5.74) is 0. The molecule has 0 aromatic rings. The van der Waals surface area contributed by atoms with Crippen LogP contribution in [0.4, 0.5) is 0 Å². The minimum atomic E-state index is 0.752. The van der Waals surface area contributed by atoms with Gasteiger partial charge in [0.25, 0.3) is 0 Å². The van der Waals surface area contributed by atoms with Gasteiger partial charge in [0, 0.05) is 24.7 Å². The number of likely N-dealkylation sites (N-methyl/N-ethyl adjacent to an activating group) is 1. The molecule has 2 aliphatic rings. The fourth-order valence-corrected chi connectivity index (χ4v) is 3.30. The van der Waals surface area contributed by atoms with Crippen molar-refractivity contribution in [3.8, 4) is 0 Å². The Kier molecular flexibility index (Phi) is 4.22. The molecule has 1 N–H and O–H groups in total. The topological polar surface area (TPSA) is 18.5 Å². The van der Waals surface area contributed by atoms with Crippen LogP contribution in [0.25, 0.3) is 0 Å². The fraction of sp³-hybridized carbons (Fsp3) is 1.00. The lowest BCUT2D eigenvalue weighted by Crippen LogP contribution is -2.51. The van der Waals surface area contributed by atoms with Gasteiger partial charge in [-0.15, -0.1) is 0 Å². The Morgan fingerprint density at radius 1 is 1.31 bits per heavy atom. The maximum Gasteiger partial charge on any atom is 0.0235 e. The highest BCUT2D eigenvalue weighted by Crippen LogP contribution is 2.23. The first-order valence-corrected chi connectivity index (χ1v) is 6.89. The van der Waals surface area contributed by atoms with Gasteiger partial charge >= 0.3 is 0 Å². The van der Waals surface area contributed by atoms with Crippen molar-refractivity contribution in [1.29, 1.82) is 0 Å². The second-order valence-electron chi connectivity index (χ2n) is 5.48. The molecule has 3 atom stereocenters. The van der Waals surface area contributed by atoms with Gasteiger partial charge in [-0.1, -0.05) is 6.92 Å². The summed E-state index contributed by atoms with van der Waals surface area (Å²) in [5.74, 6) is 0. The summed E-state index contributed by atoms with van der Waals surface area (Å²) < 4.78 is 0. The van der Waals surface area contributed by atoms with Crippen molar-refractivity contribution in [2.24, 2.45) is 0 Å². The highest BCUT2D eigenvalue weighted by molar-refractivity contribution is 4.89. The van der Waals surface area contributed by atoms with E-state index in [2.05, 4.69) is 36.0 Å². The third kappa shape index (κ3) is 2.58. The van der Waals surface area contributed by atoms with Gasteiger partial charge in [0.1, 0.15) is 0 Å². The van der Waals surface area contributed by atoms with E-state index in [-0.39, 0.29) is 0 Å². The van der Waals surface area contributed by atoms with Crippen LogP contribution in [0, 0.1) is 0 Å². The van der Waals surface area contributed by atoms with Crippen LogP contribution < -0.4 is 5.32 Å². The van der Waals surface area contributed by atoms with E-state index in [1.165, 1.54) is 45.4 Å². The van der Waals surface area contributed by atoms with Crippen molar-refractivity contribution in [2.45, 2.75) is 51.2 Å². The Balaban J connectivity index is 1.93. The molecule has 0 saturated carbocycles. The van der Waals surface area contributed by atoms with E-state index in [4.69, 9.17) is 0 Å². The van der Waals surface area contributed by atoms with E-state index in [1.54, 1.807) is 0 Å². The van der Waals surface area contributed by atoms with Crippen molar-refractivity contribution in [2.75, 3.05) is 33.2 Å². The van der Waals surface area contributed by atoms with E-state index in [1.807, 2.05) is 0 Å². The molecule has 0 amide bonds. The van der Waals surface area contributed by atoms with E-state index in [9.17, 15) is 0 Å². The Morgan fingerprint density at radius 3 is 2.69 bits per heavy atom. The van der Waals surface area contributed by atoms with Gasteiger partial charge in [0.05, 0.1) is 0 Å². The summed E-state index contributed by atoms with van der Waals surface area (Å²) in [5, 5.41) is 3.49. The van der Waals surface area contributed by atoms with Gasteiger partial charge in [-0.25, -0.2) is 0 Å². The molecule has 3 nitrogen and oxygen atoms in total. The number of nitrogens with zero attached hydrogens (tertiary/aromatic N) is 2. The third-order valence-corrected chi connectivity index (χ3v) is 4.52. The first kappa shape index (κ1) is 12.3. The van der Waals surface area contributed by atoms with Gasteiger partial charge in [0.15, 0.2) is 0 Å². The van der Waals surface area contributed by atoms with E-state index >= 15 is 0 Å². The van der Waals surface area contributed by atoms with Crippen molar-refractivity contribution in [3.05, 3.63) is 0 Å². The normalized spacial score (nSPS) is 37.1. The molecule has 0 spiro atoms. The Hall–Kier alpha value is -0.120. The monoisotopic (exact) mass is 225 g/mol. The molecule has 2 fully saturated rings. The van der Waals surface area contributed by atoms with Crippen LogP contribution in [-0.2, 0) is 0 Å². The van der Waals surface area contributed by atoms with Gasteiger partial charge in [-0.3, -0.25) is 4.90 Å². The number of rotatable bonds is 3. The van der Waals surface area contributed by atoms with Crippen LogP contribution in [0.15, 0.2) is 0 Å². The molecule has 2 saturated heterocycles. The standard InChI is InChI=1S/C13H27N3/c1-4-16(13-5-7-14-10-13)12-6-8-15(3)11(2)9-12/h11-14H,4-10H2,1-3H3. The minimum Gasteiger partial charge on any atom is -0.315 e. The molecule has 2 aliphatic heterocycles. The molecule has 3 heteroatoms. The first-order valence-electron chi connectivity index (χ1n) is 6.89. The van der Waals surface area contributed by atoms with E-state index in [0.717, 1.165) is 18.1 Å². The summed E-state index contributed by atoms with van der Waals surface area (Å²) in [7, 11) is 2.26. The van der Waals surface area contributed by atoms with E-state index < -0.39 is 0 Å². The minimum absolute atomic E-state index is 0.752. The number of hydrogen-bond acceptors (Lipinski definition) is 3. The number of nitrogens with one attached hydrogen (secondary N) is 1. The fourth-order valence-electron chi connectivity index (χ4n) is 3.30. The molecule has 0 radical (unpaired) electrons. The predicted octanol–water partition coefficient (Wildman–Crippen LogP) is 1.15. The average molecular weight is 225 g/mol. The highest BCUT2D eigenvalue weighted by atomic mass is 15.2. The molecular formula is C13H27N3. The quantitative estimate of drug-likeness (QED) is 0.777. The highest BCUT2D eigenvalue weighted by Gasteiger charge is 2.31. The molecule has 94 valence electrons. The molecule has 3 unspecified atom stereocenters. The summed E-state index contributed by atoms with van der Waals surface area (Å²) >= 11 is 0. The number of likely N-dealkylation sites (tertiary alicyclic amines) is 1. The summed E-state index contributed by atoms with van der Waals surface area (Å²) in [6.07, 6.45) is 4.04. The Morgan fingerprint density at radius 2 is 2.12 bits per heavy atom. The van der Waals surface area contributed by atoms with Crippen LogP contribution in [0.2, 0.25) is 0 Å². The van der Waals surface area contributed by atoms with Crippen LogP contribution in [0.3, 0.4) is 0 Å². The van der Waals surface area contributed by atoms with Crippen LogP contribution in [-0.4, -0.2) is 61.2 Å². The van der Waals surface area contributed by atoms with Crippen LogP contribution >= 0.6 is 0 Å². The van der Waals surface area contributed by atoms with Crippen molar-refractivity contribution < 1.29 is 0 Å². The summed E-state index contributed by atoms with van der Waals surface area (Å²) in [6.45, 7) is 9.59. The second-order valence-corrected chi connectivity index (χ2v) is 5.48. The van der Waals surface area contributed by atoms with Gasteiger partial charge in [-0.05, 0) is 52.9 Å². The molecule has 0 bridgehead atoms. The zero-order valence-electron chi connectivity index (χ0n) is 11.1. The Labute approximate surface area is 100 Å². The molecule has 0 aliphatic carbocycles. The smallest absolute Gasteiger partial charge is 0.0235 e. The lowest BCUT2D eigenvalue weighted by atomic mass is 9.96. The van der Waals surface area contributed by atoms with Gasteiger partial charge in [-0.2, -0.15) is 0 Å². The zero-order valence-corrected chi connectivity index (χ0v) is 11.1. The molecule has 2 rings (SSSR count). The molecule has 2 heterocycles. The SMILES string of the molecule is CCN(C1CCNC1)C1CCN(C)C(C)C1. The maximum absolute atomic E-state index is 3.49. The summed E-state index contributed by atoms with van der Waals surface area (Å²) in [4.78, 5) is 5.25. The van der Waals surface area contributed by atoms with Crippen molar-refractivity contribution in [3.63, 3.8) is 0 Å². The molecule has 0 aromatic carbocycles. The van der Waals surface area contributed by atoms with Gasteiger partial charge in [0.2, 0.25) is 0 Å². The largest absolute Gasteiger partial charge is 0.315 e. The third-order valence-electron chi connectivity index (χ3n) is 4.52. The lowest BCUT2D eigenvalue weighted by Gasteiger charge is -2.42. The average Bonchev–Trinajstić information content (AvgIpc) is 2.78. The summed E-state index contributed by atoms with van der Waals surface area (Å²) in [6, 6.07) is 2.37. The second kappa shape index (κ2) is 5.48. The molecular weight excluding hydrogens is 198 g/mol.